The maximum absolute atomic E-state index is 12.1. The van der Waals surface area contributed by atoms with Crippen molar-refractivity contribution in [3.63, 3.8) is 0 Å². The van der Waals surface area contributed by atoms with E-state index in [-0.39, 0.29) is 5.91 Å². The first-order valence-electron chi connectivity index (χ1n) is 8.93. The third-order valence-electron chi connectivity index (χ3n) is 3.89. The Hall–Kier alpha value is -2.94. The van der Waals surface area contributed by atoms with E-state index in [0.717, 1.165) is 11.1 Å². The van der Waals surface area contributed by atoms with Crippen LogP contribution in [0.5, 0.6) is 11.5 Å². The Morgan fingerprint density at radius 2 is 1.90 bits per heavy atom. The molecular weight excluding hydrogens is 426 g/mol. The van der Waals surface area contributed by atoms with Crippen molar-refractivity contribution in [3.05, 3.63) is 69.7 Å². The van der Waals surface area contributed by atoms with Crippen LogP contribution in [0.25, 0.3) is 6.08 Å². The zero-order valence-corrected chi connectivity index (χ0v) is 18.0. The van der Waals surface area contributed by atoms with Crippen molar-refractivity contribution in [1.82, 2.24) is 10.2 Å². The molecule has 0 radical (unpaired) electrons. The number of amides is 1. The minimum Gasteiger partial charge on any atom is -0.493 e. The zero-order chi connectivity index (χ0) is 21.3. The summed E-state index contributed by atoms with van der Waals surface area (Å²) in [6.07, 6.45) is 3.10. The predicted molar refractivity (Wildman–Crippen MR) is 117 cm³/mol. The van der Waals surface area contributed by atoms with Crippen LogP contribution in [0.15, 0.2) is 48.5 Å². The molecule has 1 N–H and O–H groups in total. The first-order valence-corrected chi connectivity index (χ1v) is 10.1. The first-order chi connectivity index (χ1) is 14.6. The van der Waals surface area contributed by atoms with Crippen LogP contribution in [0.4, 0.5) is 5.13 Å². The summed E-state index contributed by atoms with van der Waals surface area (Å²) in [4.78, 5) is 12.1. The van der Waals surface area contributed by atoms with Gasteiger partial charge in [0, 0.05) is 18.2 Å². The van der Waals surface area contributed by atoms with E-state index in [1.54, 1.807) is 32.4 Å². The van der Waals surface area contributed by atoms with Crippen molar-refractivity contribution >= 4 is 40.1 Å². The van der Waals surface area contributed by atoms with Gasteiger partial charge in [-0.25, -0.2) is 0 Å². The van der Waals surface area contributed by atoms with Gasteiger partial charge in [0.25, 0.3) is 0 Å². The molecular formula is C21H20ClN3O4S. The molecule has 0 aliphatic rings. The number of nitrogens with one attached hydrogen (secondary N) is 1. The maximum Gasteiger partial charge on any atom is 0.250 e. The van der Waals surface area contributed by atoms with E-state index in [9.17, 15) is 4.79 Å². The number of aromatic nitrogens is 2. The van der Waals surface area contributed by atoms with Crippen LogP contribution in [-0.4, -0.2) is 30.3 Å². The van der Waals surface area contributed by atoms with Crippen LogP contribution in [-0.2, 0) is 22.7 Å². The molecule has 0 aliphatic carbocycles. The number of methoxy groups -OCH3 is 2. The van der Waals surface area contributed by atoms with Gasteiger partial charge in [0.2, 0.25) is 11.0 Å². The fourth-order valence-corrected chi connectivity index (χ4v) is 3.29. The van der Waals surface area contributed by atoms with Crippen LogP contribution >= 0.6 is 22.9 Å². The lowest BCUT2D eigenvalue weighted by Crippen LogP contribution is -2.07. The Morgan fingerprint density at radius 1 is 1.10 bits per heavy atom. The number of carbonyl (C=O) groups excluding carboxylic acids is 1. The fourth-order valence-electron chi connectivity index (χ4n) is 2.45. The minimum absolute atomic E-state index is 0.308. The van der Waals surface area contributed by atoms with E-state index in [1.165, 1.54) is 17.4 Å². The van der Waals surface area contributed by atoms with Gasteiger partial charge < -0.3 is 14.2 Å². The quantitative estimate of drug-likeness (QED) is 0.485. The summed E-state index contributed by atoms with van der Waals surface area (Å²) < 4.78 is 16.2. The van der Waals surface area contributed by atoms with Crippen LogP contribution in [0.1, 0.15) is 16.1 Å². The van der Waals surface area contributed by atoms with Crippen molar-refractivity contribution < 1.29 is 19.0 Å². The lowest BCUT2D eigenvalue weighted by atomic mass is 10.2. The number of halogens is 1. The minimum atomic E-state index is -0.308. The third-order valence-corrected chi connectivity index (χ3v) is 4.95. The van der Waals surface area contributed by atoms with Crippen LogP contribution < -0.4 is 14.8 Å². The summed E-state index contributed by atoms with van der Waals surface area (Å²) in [6.45, 7) is 0.744. The van der Waals surface area contributed by atoms with Gasteiger partial charge in [-0.1, -0.05) is 41.1 Å². The maximum atomic E-state index is 12.1. The molecule has 2 aromatic carbocycles. The second kappa shape index (κ2) is 10.7. The Balaban J connectivity index is 1.60. The standard InChI is InChI=1S/C21H20ClN3O4S/c1-27-13-20-24-25-21(30-20)23-19(26)10-6-14-5-9-17(18(11-14)28-2)29-12-15-3-7-16(22)8-4-15/h3-11H,12-13H2,1-2H3,(H,23,25,26)/b10-6-. The highest BCUT2D eigenvalue weighted by Crippen LogP contribution is 2.29. The van der Waals surface area contributed by atoms with Crippen molar-refractivity contribution in [2.24, 2.45) is 0 Å². The van der Waals surface area contributed by atoms with Crippen LogP contribution in [0.3, 0.4) is 0 Å². The molecule has 0 aliphatic heterocycles. The summed E-state index contributed by atoms with van der Waals surface area (Å²) in [7, 11) is 3.14. The smallest absolute Gasteiger partial charge is 0.250 e. The molecule has 3 rings (SSSR count). The lowest BCUT2D eigenvalue weighted by Gasteiger charge is -2.11. The van der Waals surface area contributed by atoms with E-state index < -0.39 is 0 Å². The van der Waals surface area contributed by atoms with Gasteiger partial charge in [0.05, 0.1) is 7.11 Å². The summed E-state index contributed by atoms with van der Waals surface area (Å²) in [6, 6.07) is 12.9. The molecule has 0 atom stereocenters. The second-order valence-electron chi connectivity index (χ2n) is 6.08. The second-order valence-corrected chi connectivity index (χ2v) is 7.58. The van der Waals surface area contributed by atoms with Gasteiger partial charge in [0.15, 0.2) is 11.5 Å². The predicted octanol–water partition coefficient (Wildman–Crippen LogP) is 4.58. The van der Waals surface area contributed by atoms with Gasteiger partial charge >= 0.3 is 0 Å². The number of ether oxygens (including phenoxy) is 3. The molecule has 1 amide bonds. The molecule has 0 saturated carbocycles. The number of carbonyl (C=O) groups is 1. The van der Waals surface area contributed by atoms with Gasteiger partial charge in [-0.2, -0.15) is 0 Å². The molecule has 7 nitrogen and oxygen atoms in total. The van der Waals surface area contributed by atoms with Crippen molar-refractivity contribution in [2.45, 2.75) is 13.2 Å². The van der Waals surface area contributed by atoms with E-state index in [0.29, 0.717) is 39.9 Å². The topological polar surface area (TPSA) is 82.6 Å². The summed E-state index contributed by atoms with van der Waals surface area (Å²) in [5, 5.41) is 12.3. The number of nitrogens with zero attached hydrogens (tertiary/aromatic N) is 2. The Morgan fingerprint density at radius 3 is 2.63 bits per heavy atom. The molecule has 30 heavy (non-hydrogen) atoms. The Kier molecular flexibility index (Phi) is 7.78. The summed E-state index contributed by atoms with van der Waals surface area (Å²) in [5.74, 6) is 0.866. The molecule has 0 saturated heterocycles. The summed E-state index contributed by atoms with van der Waals surface area (Å²) >= 11 is 7.16. The molecule has 0 spiro atoms. The van der Waals surface area contributed by atoms with Gasteiger partial charge in [-0.05, 0) is 41.5 Å². The highest BCUT2D eigenvalue weighted by molar-refractivity contribution is 7.15. The molecule has 3 aromatic rings. The molecule has 9 heteroatoms. The monoisotopic (exact) mass is 445 g/mol. The molecule has 0 unspecified atom stereocenters. The van der Waals surface area contributed by atoms with Gasteiger partial charge in [0.1, 0.15) is 18.2 Å². The Bertz CT molecular complexity index is 1020. The van der Waals surface area contributed by atoms with E-state index in [2.05, 4.69) is 15.5 Å². The molecule has 1 aromatic heterocycles. The number of hydrogen-bond acceptors (Lipinski definition) is 7. The van der Waals surface area contributed by atoms with Gasteiger partial charge in [-0.3, -0.25) is 10.1 Å². The van der Waals surface area contributed by atoms with Gasteiger partial charge in [-0.15, -0.1) is 10.2 Å². The number of anilines is 1. The zero-order valence-electron chi connectivity index (χ0n) is 16.4. The number of hydrogen-bond donors (Lipinski definition) is 1. The SMILES string of the molecule is COCc1nnc(NC(=O)/C=C\c2ccc(OCc3ccc(Cl)cc3)c(OC)c2)s1. The van der Waals surface area contributed by atoms with Crippen molar-refractivity contribution in [2.75, 3.05) is 19.5 Å². The molecule has 0 bridgehead atoms. The highest BCUT2D eigenvalue weighted by atomic mass is 35.5. The average Bonchev–Trinajstić information content (AvgIpc) is 3.19. The first kappa shape index (κ1) is 21.8. The van der Waals surface area contributed by atoms with Crippen molar-refractivity contribution in [1.29, 1.82) is 0 Å². The van der Waals surface area contributed by atoms with Crippen molar-refractivity contribution in [3.8, 4) is 11.5 Å². The van der Waals surface area contributed by atoms with E-state index >= 15 is 0 Å². The lowest BCUT2D eigenvalue weighted by molar-refractivity contribution is -0.111. The number of rotatable bonds is 9. The number of benzene rings is 2. The van der Waals surface area contributed by atoms with E-state index in [1.807, 2.05) is 30.3 Å². The van der Waals surface area contributed by atoms with Crippen LogP contribution in [0.2, 0.25) is 5.02 Å². The average molecular weight is 446 g/mol. The Labute approximate surface area is 183 Å². The largest absolute Gasteiger partial charge is 0.493 e. The normalized spacial score (nSPS) is 10.9. The fraction of sp³-hybridized carbons (Fsp3) is 0.190. The molecule has 0 fully saturated rings. The summed E-state index contributed by atoms with van der Waals surface area (Å²) in [5.41, 5.74) is 1.78. The van der Waals surface area contributed by atoms with Crippen LogP contribution in [0, 0.1) is 0 Å². The molecule has 156 valence electrons. The van der Waals surface area contributed by atoms with E-state index in [4.69, 9.17) is 25.8 Å². The molecule has 1 heterocycles. The highest BCUT2D eigenvalue weighted by Gasteiger charge is 2.08. The third kappa shape index (κ3) is 6.28.